The summed E-state index contributed by atoms with van der Waals surface area (Å²) in [4.78, 5) is 13.0. The van der Waals surface area contributed by atoms with E-state index in [1.54, 1.807) is 13.2 Å². The lowest BCUT2D eigenvalue weighted by Crippen LogP contribution is -2.07. The molecule has 0 spiro atoms. The molecule has 6 nitrogen and oxygen atoms in total. The van der Waals surface area contributed by atoms with Crippen molar-refractivity contribution in [2.75, 3.05) is 18.2 Å². The fourth-order valence-corrected chi connectivity index (χ4v) is 2.92. The summed E-state index contributed by atoms with van der Waals surface area (Å²) in [5, 5.41) is 3.03. The van der Waals surface area contributed by atoms with E-state index in [0.717, 1.165) is 12.1 Å². The van der Waals surface area contributed by atoms with E-state index in [1.165, 1.54) is 17.8 Å². The molecule has 0 bridgehead atoms. The number of nitrogens with two attached hydrogens (primary N) is 1. The van der Waals surface area contributed by atoms with Gasteiger partial charge < -0.3 is 15.8 Å². The average Bonchev–Trinajstić information content (AvgIpc) is 2.63. The summed E-state index contributed by atoms with van der Waals surface area (Å²) in [6, 6.07) is 11.0. The monoisotopic (exact) mass is 375 g/mol. The molecule has 0 aliphatic carbocycles. The zero-order valence-electron chi connectivity index (χ0n) is 13.7. The van der Waals surface area contributed by atoms with Crippen molar-refractivity contribution in [1.82, 2.24) is 15.0 Å². The number of thioether (sulfide) groups is 1. The van der Waals surface area contributed by atoms with Crippen LogP contribution >= 0.6 is 11.8 Å². The fourth-order valence-electron chi connectivity index (χ4n) is 2.14. The molecule has 0 saturated heterocycles. The van der Waals surface area contributed by atoms with Gasteiger partial charge in [0.15, 0.2) is 11.6 Å². The van der Waals surface area contributed by atoms with Crippen LogP contribution in [0.2, 0.25) is 0 Å². The Bertz CT molecular complexity index is 925. The van der Waals surface area contributed by atoms with Gasteiger partial charge in [0, 0.05) is 4.90 Å². The number of para-hydroxylation sites is 2. The highest BCUT2D eigenvalue weighted by Gasteiger charge is 2.09. The normalized spacial score (nSPS) is 10.6. The van der Waals surface area contributed by atoms with Gasteiger partial charge in [-0.25, -0.2) is 8.78 Å². The predicted octanol–water partition coefficient (Wildman–Crippen LogP) is 3.78. The minimum atomic E-state index is -0.899. The number of hydrogen-bond acceptors (Lipinski definition) is 7. The largest absolute Gasteiger partial charge is 0.495 e. The molecular formula is C17H15F2N5OS. The number of anilines is 3. The van der Waals surface area contributed by atoms with Crippen LogP contribution in [-0.2, 0) is 5.75 Å². The number of aromatic nitrogens is 3. The smallest absolute Gasteiger partial charge is 0.232 e. The molecule has 26 heavy (non-hydrogen) atoms. The van der Waals surface area contributed by atoms with Gasteiger partial charge in [-0.05, 0) is 30.3 Å². The first kappa shape index (κ1) is 17.9. The SMILES string of the molecule is COc1ccccc1Nc1nc(N)nc(CSc2ccc(F)c(F)c2)n1. The van der Waals surface area contributed by atoms with E-state index in [-0.39, 0.29) is 11.9 Å². The zero-order valence-corrected chi connectivity index (χ0v) is 14.6. The molecular weight excluding hydrogens is 360 g/mol. The molecule has 0 atom stereocenters. The number of ether oxygens (including phenoxy) is 1. The zero-order chi connectivity index (χ0) is 18.5. The second kappa shape index (κ2) is 7.96. The molecule has 0 unspecified atom stereocenters. The lowest BCUT2D eigenvalue weighted by atomic mass is 10.3. The summed E-state index contributed by atoms with van der Waals surface area (Å²) in [5.41, 5.74) is 6.42. The van der Waals surface area contributed by atoms with Crippen LogP contribution in [0.1, 0.15) is 5.82 Å². The maximum atomic E-state index is 13.3. The predicted molar refractivity (Wildman–Crippen MR) is 96.4 cm³/mol. The highest BCUT2D eigenvalue weighted by Crippen LogP contribution is 2.27. The molecule has 0 fully saturated rings. The van der Waals surface area contributed by atoms with E-state index in [4.69, 9.17) is 10.5 Å². The Labute approximate surface area is 152 Å². The molecule has 0 radical (unpaired) electrons. The van der Waals surface area contributed by atoms with Gasteiger partial charge in [-0.2, -0.15) is 15.0 Å². The van der Waals surface area contributed by atoms with Gasteiger partial charge in [0.25, 0.3) is 0 Å². The number of nitrogens with zero attached hydrogens (tertiary/aromatic N) is 3. The fraction of sp³-hybridized carbons (Fsp3) is 0.118. The molecule has 0 aliphatic rings. The third kappa shape index (κ3) is 4.37. The van der Waals surface area contributed by atoms with Crippen molar-refractivity contribution in [1.29, 1.82) is 0 Å². The van der Waals surface area contributed by atoms with Gasteiger partial charge in [0.1, 0.15) is 11.6 Å². The van der Waals surface area contributed by atoms with E-state index in [1.807, 2.05) is 18.2 Å². The maximum Gasteiger partial charge on any atom is 0.232 e. The van der Waals surface area contributed by atoms with Crippen molar-refractivity contribution in [2.45, 2.75) is 10.6 Å². The summed E-state index contributed by atoms with van der Waals surface area (Å²) >= 11 is 1.26. The number of rotatable bonds is 6. The number of hydrogen-bond donors (Lipinski definition) is 2. The third-order valence-corrected chi connectivity index (χ3v) is 4.30. The standard InChI is InChI=1S/C17H15F2N5OS/c1-25-14-5-3-2-4-13(14)21-17-23-15(22-16(20)24-17)9-26-10-6-7-11(18)12(19)8-10/h2-8H,9H2,1H3,(H3,20,21,22,23,24). The van der Waals surface area contributed by atoms with Crippen LogP contribution in [0.4, 0.5) is 26.4 Å². The van der Waals surface area contributed by atoms with E-state index in [9.17, 15) is 8.78 Å². The number of nitrogens with one attached hydrogen (secondary N) is 1. The summed E-state index contributed by atoms with van der Waals surface area (Å²) in [6.07, 6.45) is 0. The Morgan fingerprint density at radius 3 is 2.65 bits per heavy atom. The summed E-state index contributed by atoms with van der Waals surface area (Å²) < 4.78 is 31.5. The third-order valence-electron chi connectivity index (χ3n) is 3.31. The van der Waals surface area contributed by atoms with Gasteiger partial charge in [-0.3, -0.25) is 0 Å². The summed E-state index contributed by atoms with van der Waals surface area (Å²) in [7, 11) is 1.56. The molecule has 3 rings (SSSR count). The van der Waals surface area contributed by atoms with Crippen LogP contribution < -0.4 is 15.8 Å². The Kier molecular flexibility index (Phi) is 5.47. The maximum absolute atomic E-state index is 13.3. The molecule has 9 heteroatoms. The van der Waals surface area contributed by atoms with Crippen molar-refractivity contribution in [2.24, 2.45) is 0 Å². The minimum absolute atomic E-state index is 0.0540. The number of nitrogen functional groups attached to an aromatic ring is 1. The molecule has 1 heterocycles. The molecule has 0 aliphatic heterocycles. The Morgan fingerprint density at radius 2 is 1.88 bits per heavy atom. The lowest BCUT2D eigenvalue weighted by Gasteiger charge is -2.10. The highest BCUT2D eigenvalue weighted by molar-refractivity contribution is 7.98. The molecule has 2 aromatic carbocycles. The summed E-state index contributed by atoms with van der Waals surface area (Å²) in [5.74, 6) is -0.112. The topological polar surface area (TPSA) is 86.0 Å². The molecule has 134 valence electrons. The molecule has 3 N–H and O–H groups in total. The van der Waals surface area contributed by atoms with Crippen molar-refractivity contribution in [3.63, 3.8) is 0 Å². The number of halogens is 2. The van der Waals surface area contributed by atoms with Crippen LogP contribution in [0.3, 0.4) is 0 Å². The van der Waals surface area contributed by atoms with Gasteiger partial charge in [0.2, 0.25) is 11.9 Å². The molecule has 0 amide bonds. The molecule has 0 saturated carbocycles. The quantitative estimate of drug-likeness (QED) is 0.634. The minimum Gasteiger partial charge on any atom is -0.495 e. The first-order chi connectivity index (χ1) is 12.5. The average molecular weight is 375 g/mol. The van der Waals surface area contributed by atoms with Crippen molar-refractivity contribution < 1.29 is 13.5 Å². The number of methoxy groups -OCH3 is 1. The van der Waals surface area contributed by atoms with Crippen molar-refractivity contribution in [3.8, 4) is 5.75 Å². The van der Waals surface area contributed by atoms with E-state index in [2.05, 4.69) is 20.3 Å². The van der Waals surface area contributed by atoms with Crippen molar-refractivity contribution in [3.05, 3.63) is 59.9 Å². The van der Waals surface area contributed by atoms with Gasteiger partial charge in [-0.15, -0.1) is 11.8 Å². The molecule has 3 aromatic rings. The van der Waals surface area contributed by atoms with Crippen LogP contribution in [0.25, 0.3) is 0 Å². The van der Waals surface area contributed by atoms with Crippen LogP contribution in [0.5, 0.6) is 5.75 Å². The van der Waals surface area contributed by atoms with E-state index in [0.29, 0.717) is 27.9 Å². The second-order valence-electron chi connectivity index (χ2n) is 5.12. The van der Waals surface area contributed by atoms with E-state index >= 15 is 0 Å². The molecule has 1 aromatic heterocycles. The highest BCUT2D eigenvalue weighted by atomic mass is 32.2. The Balaban J connectivity index is 1.76. The van der Waals surface area contributed by atoms with Gasteiger partial charge in [-0.1, -0.05) is 12.1 Å². The first-order valence-corrected chi connectivity index (χ1v) is 8.52. The Morgan fingerprint density at radius 1 is 1.08 bits per heavy atom. The first-order valence-electron chi connectivity index (χ1n) is 7.53. The van der Waals surface area contributed by atoms with Gasteiger partial charge >= 0.3 is 0 Å². The van der Waals surface area contributed by atoms with Crippen molar-refractivity contribution >= 4 is 29.3 Å². The second-order valence-corrected chi connectivity index (χ2v) is 6.17. The van der Waals surface area contributed by atoms with Crippen LogP contribution in [0.15, 0.2) is 47.4 Å². The Hall–Kier alpha value is -2.94. The van der Waals surface area contributed by atoms with Crippen LogP contribution in [-0.4, -0.2) is 22.1 Å². The number of benzene rings is 2. The van der Waals surface area contributed by atoms with E-state index < -0.39 is 11.6 Å². The van der Waals surface area contributed by atoms with Gasteiger partial charge in [0.05, 0.1) is 18.6 Å². The van der Waals surface area contributed by atoms with Crippen LogP contribution in [0, 0.1) is 11.6 Å². The summed E-state index contributed by atoms with van der Waals surface area (Å²) in [6.45, 7) is 0. The lowest BCUT2D eigenvalue weighted by molar-refractivity contribution is 0.417.